The lowest BCUT2D eigenvalue weighted by molar-refractivity contribution is 0.0708. The van der Waals surface area contributed by atoms with Crippen molar-refractivity contribution < 1.29 is 4.79 Å². The van der Waals surface area contributed by atoms with Gasteiger partial charge in [-0.05, 0) is 39.7 Å². The van der Waals surface area contributed by atoms with Crippen LogP contribution in [0.2, 0.25) is 0 Å². The Labute approximate surface area is 109 Å². The van der Waals surface area contributed by atoms with E-state index in [0.717, 1.165) is 42.9 Å². The van der Waals surface area contributed by atoms with Crippen LogP contribution in [0.25, 0.3) is 0 Å². The minimum Gasteiger partial charge on any atom is -0.349 e. The van der Waals surface area contributed by atoms with Crippen LogP contribution in [-0.2, 0) is 6.54 Å². The summed E-state index contributed by atoms with van der Waals surface area (Å²) >= 11 is 0. The standard InChI is InChI=1S/C14H23N3O/c1-4-17-10(2)8-13(11(17)3)14(18)16-7-5-6-12(15)9-16/h8,12H,4-7,9,15H2,1-3H3/t12-/m1/s1. The minimum atomic E-state index is 0.136. The topological polar surface area (TPSA) is 51.3 Å². The summed E-state index contributed by atoms with van der Waals surface area (Å²) in [5, 5.41) is 0. The molecule has 0 unspecified atom stereocenters. The van der Waals surface area contributed by atoms with Crippen molar-refractivity contribution in [1.29, 1.82) is 0 Å². The number of carbonyl (C=O) groups is 1. The molecule has 18 heavy (non-hydrogen) atoms. The third kappa shape index (κ3) is 2.29. The number of carbonyl (C=O) groups excluding carboxylic acids is 1. The zero-order chi connectivity index (χ0) is 13.3. The van der Waals surface area contributed by atoms with Gasteiger partial charge in [0.1, 0.15) is 0 Å². The van der Waals surface area contributed by atoms with Gasteiger partial charge in [-0.15, -0.1) is 0 Å². The molecule has 0 saturated carbocycles. The number of amides is 1. The average molecular weight is 249 g/mol. The Kier molecular flexibility index (Phi) is 3.76. The minimum absolute atomic E-state index is 0.136. The molecule has 0 bridgehead atoms. The van der Waals surface area contributed by atoms with E-state index in [1.165, 1.54) is 0 Å². The zero-order valence-corrected chi connectivity index (χ0v) is 11.6. The molecule has 0 radical (unpaired) electrons. The number of nitrogens with two attached hydrogens (primary N) is 1. The molecule has 2 rings (SSSR count). The molecular weight excluding hydrogens is 226 g/mol. The van der Waals surface area contributed by atoms with Gasteiger partial charge in [0.05, 0.1) is 5.56 Å². The molecule has 1 atom stereocenters. The van der Waals surface area contributed by atoms with E-state index in [9.17, 15) is 4.79 Å². The molecule has 4 heteroatoms. The van der Waals surface area contributed by atoms with Gasteiger partial charge in [-0.2, -0.15) is 0 Å². The summed E-state index contributed by atoms with van der Waals surface area (Å²) in [6.07, 6.45) is 2.04. The number of aromatic nitrogens is 1. The van der Waals surface area contributed by atoms with Crippen molar-refractivity contribution in [3.05, 3.63) is 23.0 Å². The van der Waals surface area contributed by atoms with E-state index in [4.69, 9.17) is 5.73 Å². The van der Waals surface area contributed by atoms with E-state index >= 15 is 0 Å². The first kappa shape index (κ1) is 13.1. The van der Waals surface area contributed by atoms with Crippen molar-refractivity contribution in [2.45, 2.75) is 46.2 Å². The highest BCUT2D eigenvalue weighted by molar-refractivity contribution is 5.95. The largest absolute Gasteiger partial charge is 0.349 e. The second-order valence-electron chi connectivity index (χ2n) is 5.18. The number of rotatable bonds is 2. The molecule has 2 heterocycles. The summed E-state index contributed by atoms with van der Waals surface area (Å²) in [5.74, 6) is 0.137. The first-order valence-corrected chi connectivity index (χ1v) is 6.76. The van der Waals surface area contributed by atoms with Crippen molar-refractivity contribution in [1.82, 2.24) is 9.47 Å². The van der Waals surface area contributed by atoms with Crippen LogP contribution in [0.15, 0.2) is 6.07 Å². The fourth-order valence-corrected chi connectivity index (χ4v) is 2.87. The third-order valence-corrected chi connectivity index (χ3v) is 3.87. The lowest BCUT2D eigenvalue weighted by atomic mass is 10.1. The SMILES string of the molecule is CCn1c(C)cc(C(=O)N2CCC[C@@H](N)C2)c1C. The van der Waals surface area contributed by atoms with E-state index in [2.05, 4.69) is 18.4 Å². The molecular formula is C14H23N3O. The number of aryl methyl sites for hydroxylation is 1. The van der Waals surface area contributed by atoms with Gasteiger partial charge in [0, 0.05) is 37.1 Å². The van der Waals surface area contributed by atoms with E-state index in [0.29, 0.717) is 6.54 Å². The van der Waals surface area contributed by atoms with Crippen molar-refractivity contribution >= 4 is 5.91 Å². The van der Waals surface area contributed by atoms with Crippen LogP contribution >= 0.6 is 0 Å². The van der Waals surface area contributed by atoms with E-state index < -0.39 is 0 Å². The number of likely N-dealkylation sites (tertiary alicyclic amines) is 1. The maximum absolute atomic E-state index is 12.5. The smallest absolute Gasteiger partial charge is 0.255 e. The molecule has 1 saturated heterocycles. The normalized spacial score (nSPS) is 20.2. The van der Waals surface area contributed by atoms with Crippen LogP contribution < -0.4 is 5.73 Å². The van der Waals surface area contributed by atoms with Gasteiger partial charge < -0.3 is 15.2 Å². The molecule has 100 valence electrons. The van der Waals surface area contributed by atoms with E-state index in [1.807, 2.05) is 17.9 Å². The van der Waals surface area contributed by atoms with Gasteiger partial charge >= 0.3 is 0 Å². The Morgan fingerprint density at radius 3 is 2.78 bits per heavy atom. The first-order valence-electron chi connectivity index (χ1n) is 6.76. The second kappa shape index (κ2) is 5.14. The van der Waals surface area contributed by atoms with Crippen LogP contribution in [0.3, 0.4) is 0 Å². The van der Waals surface area contributed by atoms with Crippen LogP contribution in [0, 0.1) is 13.8 Å². The Morgan fingerprint density at radius 1 is 1.50 bits per heavy atom. The van der Waals surface area contributed by atoms with Crippen molar-refractivity contribution in [3.63, 3.8) is 0 Å². The van der Waals surface area contributed by atoms with Gasteiger partial charge in [0.15, 0.2) is 0 Å². The fourth-order valence-electron chi connectivity index (χ4n) is 2.87. The molecule has 2 N–H and O–H groups in total. The summed E-state index contributed by atoms with van der Waals surface area (Å²) in [6, 6.07) is 2.14. The van der Waals surface area contributed by atoms with Gasteiger partial charge in [-0.1, -0.05) is 0 Å². The highest BCUT2D eigenvalue weighted by Crippen LogP contribution is 2.19. The van der Waals surface area contributed by atoms with Gasteiger partial charge in [0.2, 0.25) is 0 Å². The van der Waals surface area contributed by atoms with Crippen LogP contribution in [0.5, 0.6) is 0 Å². The average Bonchev–Trinajstić information content (AvgIpc) is 2.63. The third-order valence-electron chi connectivity index (χ3n) is 3.87. The van der Waals surface area contributed by atoms with Gasteiger partial charge in [-0.3, -0.25) is 4.79 Å². The number of hydrogen-bond acceptors (Lipinski definition) is 2. The Bertz CT molecular complexity index is 450. The molecule has 0 aromatic carbocycles. The predicted molar refractivity (Wildman–Crippen MR) is 72.7 cm³/mol. The fraction of sp³-hybridized carbons (Fsp3) is 0.643. The molecule has 1 aliphatic heterocycles. The molecule has 1 aromatic heterocycles. The molecule has 1 amide bonds. The summed E-state index contributed by atoms with van der Waals surface area (Å²) in [7, 11) is 0. The molecule has 0 spiro atoms. The molecule has 1 aliphatic rings. The summed E-state index contributed by atoms with van der Waals surface area (Å²) in [5.41, 5.74) is 9.00. The monoisotopic (exact) mass is 249 g/mol. The van der Waals surface area contributed by atoms with Crippen molar-refractivity contribution in [2.24, 2.45) is 5.73 Å². The lowest BCUT2D eigenvalue weighted by Gasteiger charge is -2.30. The second-order valence-corrected chi connectivity index (χ2v) is 5.18. The Hall–Kier alpha value is -1.29. The van der Waals surface area contributed by atoms with E-state index in [1.54, 1.807) is 0 Å². The predicted octanol–water partition coefficient (Wildman–Crippen LogP) is 1.69. The maximum atomic E-state index is 12.5. The Morgan fingerprint density at radius 2 is 2.22 bits per heavy atom. The summed E-state index contributed by atoms with van der Waals surface area (Å²) in [4.78, 5) is 14.4. The lowest BCUT2D eigenvalue weighted by Crippen LogP contribution is -2.45. The summed E-state index contributed by atoms with van der Waals surface area (Å²) in [6.45, 7) is 8.61. The Balaban J connectivity index is 2.23. The molecule has 1 aromatic rings. The summed E-state index contributed by atoms with van der Waals surface area (Å²) < 4.78 is 2.18. The van der Waals surface area contributed by atoms with Gasteiger partial charge in [-0.25, -0.2) is 0 Å². The number of hydrogen-bond donors (Lipinski definition) is 1. The highest BCUT2D eigenvalue weighted by atomic mass is 16.2. The zero-order valence-electron chi connectivity index (χ0n) is 11.6. The maximum Gasteiger partial charge on any atom is 0.255 e. The molecule has 4 nitrogen and oxygen atoms in total. The quantitative estimate of drug-likeness (QED) is 0.867. The number of piperidine rings is 1. The highest BCUT2D eigenvalue weighted by Gasteiger charge is 2.25. The van der Waals surface area contributed by atoms with E-state index in [-0.39, 0.29) is 11.9 Å². The van der Waals surface area contributed by atoms with Crippen LogP contribution in [0.1, 0.15) is 41.5 Å². The molecule has 0 aliphatic carbocycles. The van der Waals surface area contributed by atoms with Crippen molar-refractivity contribution in [2.75, 3.05) is 13.1 Å². The van der Waals surface area contributed by atoms with Crippen LogP contribution in [0.4, 0.5) is 0 Å². The van der Waals surface area contributed by atoms with Gasteiger partial charge in [0.25, 0.3) is 5.91 Å². The van der Waals surface area contributed by atoms with Crippen LogP contribution in [-0.4, -0.2) is 34.5 Å². The van der Waals surface area contributed by atoms with Crippen molar-refractivity contribution in [3.8, 4) is 0 Å². The molecule has 1 fully saturated rings. The number of nitrogens with zero attached hydrogens (tertiary/aromatic N) is 2. The first-order chi connectivity index (χ1) is 8.54.